The number of aromatic nitrogens is 5. The van der Waals surface area contributed by atoms with Crippen molar-refractivity contribution < 1.29 is 9.90 Å². The molecule has 2 aromatic heterocycles. The van der Waals surface area contributed by atoms with Crippen LogP contribution in [0.3, 0.4) is 0 Å². The molecular formula is C19H18N6O2S. The van der Waals surface area contributed by atoms with E-state index in [4.69, 9.17) is 5.11 Å². The fraction of sp³-hybridized carbons (Fsp3) is 0.158. The van der Waals surface area contributed by atoms with Crippen LogP contribution in [0.2, 0.25) is 0 Å². The number of carbonyl (C=O) groups is 1. The Bertz CT molecular complexity index is 1090. The van der Waals surface area contributed by atoms with Gasteiger partial charge in [0.25, 0.3) is 5.91 Å². The normalized spacial score (nSPS) is 11.0. The third kappa shape index (κ3) is 4.05. The highest BCUT2D eigenvalue weighted by Gasteiger charge is 2.12. The average Bonchev–Trinajstić information content (AvgIpc) is 3.33. The number of aliphatic hydroxyl groups is 1. The van der Waals surface area contributed by atoms with E-state index in [9.17, 15) is 4.79 Å². The van der Waals surface area contributed by atoms with Gasteiger partial charge < -0.3 is 9.67 Å². The standard InChI is InChI=1S/C19H18N6O2S/c26-8-9-28-19-22-18(23-24-19)21-17(27)14-6-7-16-15(10-14)20-12-25(16)11-13-4-2-1-3-5-13/h1-7,10,12,26H,8-9,11H2,(H2,21,22,23,24,27). The molecule has 28 heavy (non-hydrogen) atoms. The number of aliphatic hydroxyl groups excluding tert-OH is 1. The van der Waals surface area contributed by atoms with E-state index < -0.39 is 0 Å². The first kappa shape index (κ1) is 18.2. The van der Waals surface area contributed by atoms with Crippen molar-refractivity contribution in [1.82, 2.24) is 24.7 Å². The minimum atomic E-state index is -0.297. The van der Waals surface area contributed by atoms with Gasteiger partial charge in [-0.25, -0.2) is 10.1 Å². The molecule has 2 aromatic carbocycles. The second-order valence-corrected chi connectivity index (χ2v) is 7.12. The molecule has 0 atom stereocenters. The van der Waals surface area contributed by atoms with Crippen LogP contribution in [0.4, 0.5) is 5.95 Å². The summed E-state index contributed by atoms with van der Waals surface area (Å²) in [5.41, 5.74) is 3.38. The molecule has 2 heterocycles. The van der Waals surface area contributed by atoms with E-state index in [-0.39, 0.29) is 18.5 Å². The number of hydrogen-bond donors (Lipinski definition) is 3. The molecule has 3 N–H and O–H groups in total. The van der Waals surface area contributed by atoms with Gasteiger partial charge in [0, 0.05) is 17.9 Å². The van der Waals surface area contributed by atoms with Gasteiger partial charge in [0.1, 0.15) is 0 Å². The van der Waals surface area contributed by atoms with Crippen molar-refractivity contribution in [2.45, 2.75) is 11.7 Å². The maximum absolute atomic E-state index is 12.5. The number of nitrogens with one attached hydrogen (secondary N) is 2. The summed E-state index contributed by atoms with van der Waals surface area (Å²) < 4.78 is 2.05. The zero-order valence-electron chi connectivity index (χ0n) is 14.9. The van der Waals surface area contributed by atoms with Gasteiger partial charge in [-0.2, -0.15) is 4.98 Å². The molecule has 1 amide bonds. The Labute approximate surface area is 165 Å². The van der Waals surface area contributed by atoms with Crippen LogP contribution in [-0.4, -0.2) is 48.1 Å². The van der Waals surface area contributed by atoms with E-state index in [1.807, 2.05) is 28.8 Å². The van der Waals surface area contributed by atoms with Crippen LogP contribution in [0, 0.1) is 0 Å². The van der Waals surface area contributed by atoms with Gasteiger partial charge >= 0.3 is 0 Å². The fourth-order valence-electron chi connectivity index (χ4n) is 2.79. The first-order valence-electron chi connectivity index (χ1n) is 8.69. The van der Waals surface area contributed by atoms with Gasteiger partial charge in [-0.1, -0.05) is 42.1 Å². The van der Waals surface area contributed by atoms with Gasteiger partial charge in [-0.3, -0.25) is 10.1 Å². The summed E-state index contributed by atoms with van der Waals surface area (Å²) in [4.78, 5) is 21.1. The number of rotatable bonds is 7. The summed E-state index contributed by atoms with van der Waals surface area (Å²) in [5.74, 6) is 0.461. The first-order valence-corrected chi connectivity index (χ1v) is 9.68. The van der Waals surface area contributed by atoms with E-state index >= 15 is 0 Å². The van der Waals surface area contributed by atoms with Gasteiger partial charge in [0.2, 0.25) is 11.1 Å². The molecule has 0 aliphatic heterocycles. The molecule has 0 bridgehead atoms. The van der Waals surface area contributed by atoms with E-state index in [1.165, 1.54) is 17.3 Å². The molecule has 0 saturated carbocycles. The predicted octanol–water partition coefficient (Wildman–Crippen LogP) is 2.54. The second-order valence-electron chi connectivity index (χ2n) is 6.05. The van der Waals surface area contributed by atoms with Crippen LogP contribution in [0.5, 0.6) is 0 Å². The molecule has 142 valence electrons. The summed E-state index contributed by atoms with van der Waals surface area (Å²) in [6.45, 7) is 0.757. The molecule has 8 nitrogen and oxygen atoms in total. The Kier molecular flexibility index (Phi) is 5.36. The summed E-state index contributed by atoms with van der Waals surface area (Å²) in [7, 11) is 0. The van der Waals surface area contributed by atoms with Crippen LogP contribution in [-0.2, 0) is 6.54 Å². The van der Waals surface area contributed by atoms with Crippen LogP contribution in [0.15, 0.2) is 60.0 Å². The summed E-state index contributed by atoms with van der Waals surface area (Å²) in [5, 5.41) is 18.6. The Morgan fingerprint density at radius 1 is 1.21 bits per heavy atom. The van der Waals surface area contributed by atoms with Crippen molar-refractivity contribution in [1.29, 1.82) is 0 Å². The van der Waals surface area contributed by atoms with Gasteiger partial charge in [-0.05, 0) is 23.8 Å². The monoisotopic (exact) mass is 394 g/mol. The molecular weight excluding hydrogens is 376 g/mol. The maximum atomic E-state index is 12.5. The lowest BCUT2D eigenvalue weighted by Gasteiger charge is -2.05. The Morgan fingerprint density at radius 3 is 2.89 bits per heavy atom. The number of hydrogen-bond acceptors (Lipinski definition) is 6. The van der Waals surface area contributed by atoms with E-state index in [2.05, 4.69) is 37.6 Å². The van der Waals surface area contributed by atoms with E-state index in [0.717, 1.165) is 17.6 Å². The van der Waals surface area contributed by atoms with Crippen molar-refractivity contribution in [2.24, 2.45) is 0 Å². The molecule has 0 radical (unpaired) electrons. The Hall–Kier alpha value is -3.17. The highest BCUT2D eigenvalue weighted by Crippen LogP contribution is 2.18. The Morgan fingerprint density at radius 2 is 2.07 bits per heavy atom. The van der Waals surface area contributed by atoms with E-state index in [0.29, 0.717) is 16.5 Å². The topological polar surface area (TPSA) is 109 Å². The third-order valence-corrected chi connectivity index (χ3v) is 4.93. The molecule has 9 heteroatoms. The summed E-state index contributed by atoms with van der Waals surface area (Å²) in [6.07, 6.45) is 1.78. The summed E-state index contributed by atoms with van der Waals surface area (Å²) in [6, 6.07) is 15.5. The fourth-order valence-corrected chi connectivity index (χ4v) is 3.33. The van der Waals surface area contributed by atoms with Crippen molar-refractivity contribution in [3.8, 4) is 0 Å². The SMILES string of the molecule is O=C(Nc1nc(SCCO)n[nH]1)c1ccc2c(c1)ncn2Cc1ccccc1. The number of H-pyrrole nitrogens is 1. The van der Waals surface area contributed by atoms with Crippen LogP contribution in [0.25, 0.3) is 11.0 Å². The highest BCUT2D eigenvalue weighted by atomic mass is 32.2. The molecule has 0 fully saturated rings. The van der Waals surface area contributed by atoms with Crippen LogP contribution < -0.4 is 5.32 Å². The number of nitrogens with zero attached hydrogens (tertiary/aromatic N) is 4. The molecule has 4 rings (SSSR count). The Balaban J connectivity index is 1.48. The number of carbonyl (C=O) groups excluding carboxylic acids is 1. The molecule has 0 unspecified atom stereocenters. The molecule has 0 saturated heterocycles. The summed E-state index contributed by atoms with van der Waals surface area (Å²) >= 11 is 1.30. The maximum Gasteiger partial charge on any atom is 0.258 e. The third-order valence-electron chi connectivity index (χ3n) is 4.10. The predicted molar refractivity (Wildman–Crippen MR) is 107 cm³/mol. The van der Waals surface area contributed by atoms with Gasteiger partial charge in [-0.15, -0.1) is 5.10 Å². The smallest absolute Gasteiger partial charge is 0.258 e. The minimum Gasteiger partial charge on any atom is -0.396 e. The lowest BCUT2D eigenvalue weighted by molar-refractivity contribution is 0.102. The number of benzene rings is 2. The second kappa shape index (κ2) is 8.24. The molecule has 0 spiro atoms. The number of thioether (sulfide) groups is 1. The number of amides is 1. The number of imidazole rings is 1. The largest absolute Gasteiger partial charge is 0.396 e. The van der Waals surface area contributed by atoms with Crippen LogP contribution >= 0.6 is 11.8 Å². The average molecular weight is 394 g/mol. The van der Waals surface area contributed by atoms with E-state index in [1.54, 1.807) is 18.5 Å². The zero-order valence-corrected chi connectivity index (χ0v) is 15.7. The minimum absolute atomic E-state index is 0.0395. The quantitative estimate of drug-likeness (QED) is 0.416. The number of anilines is 1. The number of fused-ring (bicyclic) bond motifs is 1. The lowest BCUT2D eigenvalue weighted by atomic mass is 10.2. The van der Waals surface area contributed by atoms with Crippen molar-refractivity contribution >= 4 is 34.7 Å². The van der Waals surface area contributed by atoms with Gasteiger partial charge in [0.15, 0.2) is 0 Å². The zero-order chi connectivity index (χ0) is 19.3. The molecule has 0 aliphatic carbocycles. The number of aromatic amines is 1. The molecule has 0 aliphatic rings. The highest BCUT2D eigenvalue weighted by molar-refractivity contribution is 7.99. The van der Waals surface area contributed by atoms with Crippen molar-refractivity contribution in [3.63, 3.8) is 0 Å². The van der Waals surface area contributed by atoms with Crippen molar-refractivity contribution in [2.75, 3.05) is 17.7 Å². The van der Waals surface area contributed by atoms with Gasteiger partial charge in [0.05, 0.1) is 24.0 Å². The van der Waals surface area contributed by atoms with Crippen LogP contribution in [0.1, 0.15) is 15.9 Å². The molecule has 4 aromatic rings. The van der Waals surface area contributed by atoms with Crippen molar-refractivity contribution in [3.05, 3.63) is 66.0 Å². The first-order chi connectivity index (χ1) is 13.7. The lowest BCUT2D eigenvalue weighted by Crippen LogP contribution is -2.13.